The Hall–Kier alpha value is -3.41. The van der Waals surface area contributed by atoms with Crippen LogP contribution in [0.2, 0.25) is 0 Å². The highest BCUT2D eigenvalue weighted by molar-refractivity contribution is 5.91. The van der Waals surface area contributed by atoms with Crippen molar-refractivity contribution in [3.05, 3.63) is 71.5 Å². The van der Waals surface area contributed by atoms with Gasteiger partial charge in [-0.1, -0.05) is 29.8 Å². The predicted molar refractivity (Wildman–Crippen MR) is 119 cm³/mol. The lowest BCUT2D eigenvalue weighted by molar-refractivity contribution is -0.116. The molecular formula is C23H27N5O. The van der Waals surface area contributed by atoms with Crippen LogP contribution in [0.15, 0.2) is 54.6 Å². The fourth-order valence-corrected chi connectivity index (χ4v) is 3.04. The standard InChI is InChI=1S/C23H27N5O/c1-4-24-21-15-22(26-17(3)25-21)27-19-9-11-20(12-10-19)28-23(29)13-8-18-7-5-6-16(2)14-18/h5-7,9-12,14-15H,4,8,13H2,1-3H3,(H,28,29)(H2,24,25,26,27). The first kappa shape index (κ1) is 20.3. The molecular weight excluding hydrogens is 362 g/mol. The van der Waals surface area contributed by atoms with Crippen LogP contribution < -0.4 is 16.0 Å². The molecule has 0 spiro atoms. The number of nitrogens with one attached hydrogen (secondary N) is 3. The molecule has 0 unspecified atom stereocenters. The smallest absolute Gasteiger partial charge is 0.224 e. The number of carbonyl (C=O) groups excluding carboxylic acids is 1. The largest absolute Gasteiger partial charge is 0.370 e. The molecule has 0 saturated carbocycles. The summed E-state index contributed by atoms with van der Waals surface area (Å²) >= 11 is 0. The lowest BCUT2D eigenvalue weighted by Gasteiger charge is -2.10. The Morgan fingerprint density at radius 1 is 0.931 bits per heavy atom. The highest BCUT2D eigenvalue weighted by atomic mass is 16.1. The summed E-state index contributed by atoms with van der Waals surface area (Å²) in [5.41, 5.74) is 4.06. The summed E-state index contributed by atoms with van der Waals surface area (Å²) in [6.45, 7) is 6.75. The Morgan fingerprint density at radius 2 is 1.66 bits per heavy atom. The third kappa shape index (κ3) is 6.31. The summed E-state index contributed by atoms with van der Waals surface area (Å²) in [5, 5.41) is 9.42. The van der Waals surface area contributed by atoms with E-state index in [2.05, 4.69) is 51.0 Å². The number of hydrogen-bond donors (Lipinski definition) is 3. The number of nitrogens with zero attached hydrogens (tertiary/aromatic N) is 2. The Labute approximate surface area is 171 Å². The molecule has 1 amide bonds. The molecule has 3 aromatic rings. The van der Waals surface area contributed by atoms with Crippen molar-refractivity contribution in [2.45, 2.75) is 33.6 Å². The second-order valence-electron chi connectivity index (χ2n) is 6.96. The molecule has 1 heterocycles. The van der Waals surface area contributed by atoms with Crippen molar-refractivity contribution in [2.75, 3.05) is 22.5 Å². The minimum Gasteiger partial charge on any atom is -0.370 e. The Morgan fingerprint density at radius 3 is 2.38 bits per heavy atom. The fourth-order valence-electron chi connectivity index (χ4n) is 3.04. The van der Waals surface area contributed by atoms with Crippen molar-refractivity contribution < 1.29 is 4.79 Å². The van der Waals surface area contributed by atoms with E-state index < -0.39 is 0 Å². The first-order chi connectivity index (χ1) is 14.0. The number of benzene rings is 2. The molecule has 6 heteroatoms. The third-order valence-corrected chi connectivity index (χ3v) is 4.36. The van der Waals surface area contributed by atoms with Crippen LogP contribution >= 0.6 is 0 Å². The molecule has 0 atom stereocenters. The normalized spacial score (nSPS) is 10.4. The number of aryl methyl sites for hydroxylation is 3. The van der Waals surface area contributed by atoms with Crippen molar-refractivity contribution in [1.82, 2.24) is 9.97 Å². The van der Waals surface area contributed by atoms with Gasteiger partial charge in [0.05, 0.1) is 0 Å². The molecule has 150 valence electrons. The van der Waals surface area contributed by atoms with Gasteiger partial charge in [-0.15, -0.1) is 0 Å². The minimum atomic E-state index is 0.00826. The number of hydrogen-bond acceptors (Lipinski definition) is 5. The molecule has 1 aromatic heterocycles. The summed E-state index contributed by atoms with van der Waals surface area (Å²) in [5.74, 6) is 2.22. The predicted octanol–water partition coefficient (Wildman–Crippen LogP) is 4.84. The Bertz CT molecular complexity index is 969. The van der Waals surface area contributed by atoms with Gasteiger partial charge in [0.1, 0.15) is 17.5 Å². The van der Waals surface area contributed by atoms with Gasteiger partial charge in [-0.3, -0.25) is 4.79 Å². The lowest BCUT2D eigenvalue weighted by atomic mass is 10.1. The van der Waals surface area contributed by atoms with Gasteiger partial charge >= 0.3 is 0 Å². The maximum atomic E-state index is 12.2. The first-order valence-corrected chi connectivity index (χ1v) is 9.84. The van der Waals surface area contributed by atoms with Gasteiger partial charge < -0.3 is 16.0 Å². The molecule has 3 N–H and O–H groups in total. The molecule has 2 aromatic carbocycles. The molecule has 29 heavy (non-hydrogen) atoms. The van der Waals surface area contributed by atoms with Gasteiger partial charge in [-0.05, 0) is 57.0 Å². The Balaban J connectivity index is 1.55. The summed E-state index contributed by atoms with van der Waals surface area (Å²) in [6.07, 6.45) is 1.19. The van der Waals surface area contributed by atoms with E-state index in [0.29, 0.717) is 12.2 Å². The van der Waals surface area contributed by atoms with Crippen molar-refractivity contribution in [3.63, 3.8) is 0 Å². The first-order valence-electron chi connectivity index (χ1n) is 9.84. The molecule has 0 aliphatic heterocycles. The third-order valence-electron chi connectivity index (χ3n) is 4.36. The highest BCUT2D eigenvalue weighted by Gasteiger charge is 2.05. The van der Waals surface area contributed by atoms with E-state index in [1.807, 2.05) is 50.2 Å². The van der Waals surface area contributed by atoms with E-state index in [1.165, 1.54) is 11.1 Å². The van der Waals surface area contributed by atoms with Crippen molar-refractivity contribution in [1.29, 1.82) is 0 Å². The van der Waals surface area contributed by atoms with E-state index in [4.69, 9.17) is 0 Å². The number of aromatic nitrogens is 2. The van der Waals surface area contributed by atoms with Gasteiger partial charge in [-0.25, -0.2) is 9.97 Å². The van der Waals surface area contributed by atoms with Crippen LogP contribution in [0.4, 0.5) is 23.0 Å². The molecule has 0 fully saturated rings. The van der Waals surface area contributed by atoms with Crippen molar-refractivity contribution >= 4 is 28.9 Å². The summed E-state index contributed by atoms with van der Waals surface area (Å²) < 4.78 is 0. The van der Waals surface area contributed by atoms with Crippen molar-refractivity contribution in [3.8, 4) is 0 Å². The van der Waals surface area contributed by atoms with Crippen LogP contribution in [-0.2, 0) is 11.2 Å². The van der Waals surface area contributed by atoms with Crippen molar-refractivity contribution in [2.24, 2.45) is 0 Å². The maximum absolute atomic E-state index is 12.2. The van der Waals surface area contributed by atoms with Crippen LogP contribution in [0.1, 0.15) is 30.3 Å². The van der Waals surface area contributed by atoms with Gasteiger partial charge in [-0.2, -0.15) is 0 Å². The van der Waals surface area contributed by atoms with Gasteiger partial charge in [0, 0.05) is 30.4 Å². The molecule has 0 saturated heterocycles. The monoisotopic (exact) mass is 389 g/mol. The molecule has 0 aliphatic carbocycles. The van der Waals surface area contributed by atoms with E-state index in [1.54, 1.807) is 0 Å². The number of anilines is 4. The summed E-state index contributed by atoms with van der Waals surface area (Å²) in [4.78, 5) is 21.0. The highest BCUT2D eigenvalue weighted by Crippen LogP contribution is 2.20. The van der Waals surface area contributed by atoms with E-state index in [-0.39, 0.29) is 5.91 Å². The zero-order chi connectivity index (χ0) is 20.6. The average Bonchev–Trinajstić information content (AvgIpc) is 2.68. The number of rotatable bonds is 8. The van der Waals surface area contributed by atoms with Gasteiger partial charge in [0.25, 0.3) is 0 Å². The quantitative estimate of drug-likeness (QED) is 0.514. The summed E-state index contributed by atoms with van der Waals surface area (Å²) in [7, 11) is 0. The van der Waals surface area contributed by atoms with Crippen LogP contribution in [0, 0.1) is 13.8 Å². The molecule has 6 nitrogen and oxygen atoms in total. The second kappa shape index (κ2) is 9.68. The zero-order valence-corrected chi connectivity index (χ0v) is 17.1. The molecule has 0 bridgehead atoms. The summed E-state index contributed by atoms with van der Waals surface area (Å²) in [6, 6.07) is 17.7. The van der Waals surface area contributed by atoms with Crippen LogP contribution in [0.5, 0.6) is 0 Å². The van der Waals surface area contributed by atoms with Gasteiger partial charge in [0.15, 0.2) is 0 Å². The zero-order valence-electron chi connectivity index (χ0n) is 17.1. The fraction of sp³-hybridized carbons (Fsp3) is 0.261. The van der Waals surface area contributed by atoms with E-state index in [9.17, 15) is 4.79 Å². The number of amides is 1. The van der Waals surface area contributed by atoms with Crippen LogP contribution in [-0.4, -0.2) is 22.4 Å². The van der Waals surface area contributed by atoms with E-state index >= 15 is 0 Å². The lowest BCUT2D eigenvalue weighted by Crippen LogP contribution is -2.12. The SMILES string of the molecule is CCNc1cc(Nc2ccc(NC(=O)CCc3cccc(C)c3)cc2)nc(C)n1. The van der Waals surface area contributed by atoms with Crippen LogP contribution in [0.3, 0.4) is 0 Å². The number of carbonyl (C=O) groups is 1. The maximum Gasteiger partial charge on any atom is 0.224 e. The van der Waals surface area contributed by atoms with Gasteiger partial charge in [0.2, 0.25) is 5.91 Å². The van der Waals surface area contributed by atoms with E-state index in [0.717, 1.165) is 36.0 Å². The average molecular weight is 390 g/mol. The second-order valence-corrected chi connectivity index (χ2v) is 6.96. The topological polar surface area (TPSA) is 78.9 Å². The molecule has 0 aliphatic rings. The van der Waals surface area contributed by atoms with Crippen LogP contribution in [0.25, 0.3) is 0 Å². The molecule has 3 rings (SSSR count). The Kier molecular flexibility index (Phi) is 6.79. The minimum absolute atomic E-state index is 0.00826. The molecule has 0 radical (unpaired) electrons.